The van der Waals surface area contributed by atoms with Gasteiger partial charge in [-0.05, 0) is 6.92 Å². The van der Waals surface area contributed by atoms with Crippen molar-refractivity contribution in [1.29, 1.82) is 0 Å². The number of aryl methyl sites for hydroxylation is 1. The predicted molar refractivity (Wildman–Crippen MR) is 83.5 cm³/mol. The van der Waals surface area contributed by atoms with E-state index in [1.54, 1.807) is 13.0 Å². The first-order valence-electron chi connectivity index (χ1n) is 6.82. The van der Waals surface area contributed by atoms with E-state index in [0.29, 0.717) is 0 Å². The summed E-state index contributed by atoms with van der Waals surface area (Å²) in [5.74, 6) is -0.979. The van der Waals surface area contributed by atoms with Gasteiger partial charge in [-0.1, -0.05) is 84.7 Å². The van der Waals surface area contributed by atoms with Gasteiger partial charge in [0.1, 0.15) is 5.69 Å². The van der Waals surface area contributed by atoms with Gasteiger partial charge >= 0.3 is 10.2 Å². The molecule has 24 heavy (non-hydrogen) atoms. The molecular weight excluding hydrogens is 349 g/mol. The van der Waals surface area contributed by atoms with Gasteiger partial charge in [-0.2, -0.15) is 0 Å². The highest BCUT2D eigenvalue weighted by Gasteiger charge is 2.69. The molecule has 0 aliphatic carbocycles. The first-order valence-corrected chi connectivity index (χ1v) is 8.77. The van der Waals surface area contributed by atoms with Crippen LogP contribution in [0.1, 0.15) is 5.56 Å². The molecule has 0 atom stereocenters. The minimum absolute atomic E-state index is 0.0946. The molecule has 0 saturated heterocycles. The molecule has 128 valence electrons. The van der Waals surface area contributed by atoms with Crippen LogP contribution in [0.2, 0.25) is 0 Å². The van der Waals surface area contributed by atoms with Gasteiger partial charge in [0.05, 0.1) is 0 Å². The van der Waals surface area contributed by atoms with E-state index in [0.717, 1.165) is 5.56 Å². The van der Waals surface area contributed by atoms with Crippen molar-refractivity contribution in [3.8, 4) is 22.6 Å². The number of rotatable bonds is 3. The molecular formula is C16H12F5NOS. The minimum Gasteiger partial charge on any atom is -0.354 e. The van der Waals surface area contributed by atoms with E-state index < -0.39 is 26.6 Å². The van der Waals surface area contributed by atoms with Crippen LogP contribution in [-0.2, 0) is 0 Å². The normalized spacial score (nSPS) is 14.9. The van der Waals surface area contributed by atoms with Crippen LogP contribution in [-0.4, -0.2) is 5.16 Å². The van der Waals surface area contributed by atoms with Crippen LogP contribution in [0.5, 0.6) is 0 Å². The molecule has 3 aromatic rings. The number of benzene rings is 2. The number of aromatic nitrogens is 1. The molecule has 0 bridgehead atoms. The molecule has 2 aromatic carbocycles. The lowest BCUT2D eigenvalue weighted by atomic mass is 10.1. The van der Waals surface area contributed by atoms with E-state index in [1.807, 2.05) is 0 Å². The largest absolute Gasteiger partial charge is 0.354 e. The number of hydrogen-bond acceptors (Lipinski definition) is 2. The lowest BCUT2D eigenvalue weighted by Gasteiger charge is -2.40. The maximum atomic E-state index is 13.7. The third-order valence-corrected chi connectivity index (χ3v) is 4.55. The Morgan fingerprint density at radius 2 is 1.38 bits per heavy atom. The minimum atomic E-state index is -10.0. The zero-order valence-corrected chi connectivity index (χ0v) is 13.2. The molecule has 0 amide bonds. The van der Waals surface area contributed by atoms with Gasteiger partial charge in [0.25, 0.3) is 0 Å². The SMILES string of the molecule is Cc1ccc(-c2onc(-c3ccccc3)c2S(F)(F)(F)(F)F)cc1. The molecule has 1 aromatic heterocycles. The van der Waals surface area contributed by atoms with E-state index in [4.69, 9.17) is 4.52 Å². The van der Waals surface area contributed by atoms with Crippen molar-refractivity contribution in [1.82, 2.24) is 5.16 Å². The summed E-state index contributed by atoms with van der Waals surface area (Å²) in [6.45, 7) is 1.73. The van der Waals surface area contributed by atoms with Crippen LogP contribution in [0.15, 0.2) is 64.0 Å². The quantitative estimate of drug-likeness (QED) is 0.471. The number of nitrogens with zero attached hydrogens (tertiary/aromatic N) is 1. The topological polar surface area (TPSA) is 26.0 Å². The van der Waals surface area contributed by atoms with Crippen LogP contribution >= 0.6 is 10.2 Å². The van der Waals surface area contributed by atoms with E-state index in [1.165, 1.54) is 48.5 Å². The highest BCUT2D eigenvalue weighted by atomic mass is 32.5. The molecule has 0 radical (unpaired) electrons. The molecule has 8 heteroatoms. The molecule has 0 spiro atoms. The Morgan fingerprint density at radius 1 is 0.792 bits per heavy atom. The molecule has 0 aliphatic heterocycles. The maximum absolute atomic E-state index is 13.7. The lowest BCUT2D eigenvalue weighted by Crippen LogP contribution is -2.08. The van der Waals surface area contributed by atoms with Crippen LogP contribution in [0.3, 0.4) is 0 Å². The maximum Gasteiger partial charge on any atom is 0.316 e. The Kier molecular flexibility index (Phi) is 3.16. The average molecular weight is 361 g/mol. The molecule has 3 rings (SSSR count). The van der Waals surface area contributed by atoms with Gasteiger partial charge < -0.3 is 4.52 Å². The van der Waals surface area contributed by atoms with Gasteiger partial charge in [-0.3, -0.25) is 0 Å². The average Bonchev–Trinajstić information content (AvgIpc) is 2.93. The zero-order chi connectivity index (χ0) is 17.7. The molecule has 0 saturated carbocycles. The van der Waals surface area contributed by atoms with Crippen LogP contribution < -0.4 is 0 Å². The zero-order valence-electron chi connectivity index (χ0n) is 12.3. The molecule has 0 fully saturated rings. The Hall–Kier alpha value is -2.35. The first-order chi connectivity index (χ1) is 11.0. The van der Waals surface area contributed by atoms with Gasteiger partial charge in [0.2, 0.25) is 0 Å². The fourth-order valence-electron chi connectivity index (χ4n) is 2.31. The second kappa shape index (κ2) is 4.60. The van der Waals surface area contributed by atoms with Crippen molar-refractivity contribution in [2.45, 2.75) is 11.8 Å². The fourth-order valence-corrected chi connectivity index (χ4v) is 3.33. The molecule has 0 aliphatic rings. The Bertz CT molecular complexity index is 887. The molecule has 2 nitrogen and oxygen atoms in total. The van der Waals surface area contributed by atoms with E-state index >= 15 is 0 Å². The Balaban J connectivity index is 2.34. The van der Waals surface area contributed by atoms with Gasteiger partial charge in [0.15, 0.2) is 10.7 Å². The van der Waals surface area contributed by atoms with Crippen molar-refractivity contribution >= 4 is 10.2 Å². The van der Waals surface area contributed by atoms with Gasteiger partial charge in [-0.15, -0.1) is 0 Å². The van der Waals surface area contributed by atoms with Crippen molar-refractivity contribution < 1.29 is 24.0 Å². The molecule has 0 unspecified atom stereocenters. The second-order valence-corrected chi connectivity index (χ2v) is 7.74. The molecule has 0 N–H and O–H groups in total. The number of hydrogen-bond donors (Lipinski definition) is 0. The second-order valence-electron chi connectivity index (χ2n) is 5.39. The van der Waals surface area contributed by atoms with Crippen molar-refractivity contribution in [3.05, 3.63) is 60.2 Å². The highest BCUT2D eigenvalue weighted by molar-refractivity contribution is 8.46. The summed E-state index contributed by atoms with van der Waals surface area (Å²) in [7, 11) is -10.0. The summed E-state index contributed by atoms with van der Waals surface area (Å²) < 4.78 is 73.0. The Labute approximate surface area is 134 Å². The van der Waals surface area contributed by atoms with Crippen molar-refractivity contribution in [2.75, 3.05) is 0 Å². The third kappa shape index (κ3) is 3.14. The summed E-state index contributed by atoms with van der Waals surface area (Å²) in [5, 5.41) is 3.30. The van der Waals surface area contributed by atoms with Gasteiger partial charge in [0, 0.05) is 11.1 Å². The predicted octanol–water partition coefficient (Wildman–Crippen LogP) is 6.97. The van der Waals surface area contributed by atoms with E-state index in [-0.39, 0.29) is 11.1 Å². The van der Waals surface area contributed by atoms with Crippen LogP contribution in [0.25, 0.3) is 22.6 Å². The van der Waals surface area contributed by atoms with Gasteiger partial charge in [-0.25, -0.2) is 0 Å². The number of halogens is 5. The van der Waals surface area contributed by atoms with Crippen LogP contribution in [0, 0.1) is 6.92 Å². The van der Waals surface area contributed by atoms with E-state index in [2.05, 4.69) is 5.16 Å². The summed E-state index contributed by atoms with van der Waals surface area (Å²) >= 11 is 0. The summed E-state index contributed by atoms with van der Waals surface area (Å²) in [6, 6.07) is 12.6. The molecule has 1 heterocycles. The highest BCUT2D eigenvalue weighted by Crippen LogP contribution is 3.03. The summed E-state index contributed by atoms with van der Waals surface area (Å²) in [4.78, 5) is -2.09. The third-order valence-electron chi connectivity index (χ3n) is 3.40. The summed E-state index contributed by atoms with van der Waals surface area (Å²) in [6.07, 6.45) is 0. The van der Waals surface area contributed by atoms with Crippen molar-refractivity contribution in [3.63, 3.8) is 0 Å². The monoisotopic (exact) mass is 361 g/mol. The van der Waals surface area contributed by atoms with Crippen LogP contribution in [0.4, 0.5) is 19.4 Å². The lowest BCUT2D eigenvalue weighted by molar-refractivity contribution is 0.362. The first kappa shape index (κ1) is 16.5. The smallest absolute Gasteiger partial charge is 0.316 e. The summed E-state index contributed by atoms with van der Waals surface area (Å²) in [5.41, 5.74) is -0.345. The van der Waals surface area contributed by atoms with E-state index in [9.17, 15) is 19.4 Å². The standard InChI is InChI=1S/C16H12F5NOS/c1-11-7-9-13(10-8-11)15-16(24(17,18,19,20)21)14(22-23-15)12-5-3-2-4-6-12/h2-10H,1H3. The fraction of sp³-hybridized carbons (Fsp3) is 0.0625. The Morgan fingerprint density at radius 3 is 1.92 bits per heavy atom. The van der Waals surface area contributed by atoms with Crippen molar-refractivity contribution in [2.24, 2.45) is 0 Å².